The number of piperazine rings is 1. The van der Waals surface area contributed by atoms with E-state index in [1.54, 1.807) is 0 Å². The molecule has 4 rings (SSSR count). The van der Waals surface area contributed by atoms with E-state index in [0.717, 1.165) is 34.5 Å². The number of halogens is 1. The number of aliphatic hydroxyl groups is 1. The van der Waals surface area contributed by atoms with Gasteiger partial charge in [0.15, 0.2) is 0 Å². The SMILES string of the molecule is CC1CNCC(C)N1CC(O)Cn1c2ccccc2c2cc(Cl)ccc21. The summed E-state index contributed by atoms with van der Waals surface area (Å²) in [6.45, 7) is 7.66. The molecule has 2 aromatic carbocycles. The number of para-hydroxylation sites is 1. The predicted octanol–water partition coefficient (Wildman–Crippen LogP) is 3.49. The van der Waals surface area contributed by atoms with E-state index in [1.165, 1.54) is 5.39 Å². The first kappa shape index (κ1) is 17.8. The van der Waals surface area contributed by atoms with Gasteiger partial charge in [-0.05, 0) is 38.1 Å². The van der Waals surface area contributed by atoms with Crippen LogP contribution in [0.15, 0.2) is 42.5 Å². The highest BCUT2D eigenvalue weighted by atomic mass is 35.5. The molecule has 0 bridgehead atoms. The highest BCUT2D eigenvalue weighted by Gasteiger charge is 2.26. The standard InChI is InChI=1S/C21H26ClN3O/c1-14-10-23-11-15(2)24(14)12-17(26)13-25-20-6-4-3-5-18(20)19-9-16(22)7-8-21(19)25/h3-9,14-15,17,23,26H,10-13H2,1-2H3. The number of aromatic nitrogens is 1. The molecule has 2 N–H and O–H groups in total. The van der Waals surface area contributed by atoms with Gasteiger partial charge in [0.2, 0.25) is 0 Å². The van der Waals surface area contributed by atoms with Crippen LogP contribution in [0.4, 0.5) is 0 Å². The lowest BCUT2D eigenvalue weighted by atomic mass is 10.1. The van der Waals surface area contributed by atoms with Crippen LogP contribution < -0.4 is 5.32 Å². The fraction of sp³-hybridized carbons (Fsp3) is 0.429. The molecule has 0 spiro atoms. The summed E-state index contributed by atoms with van der Waals surface area (Å²) in [7, 11) is 0. The zero-order valence-corrected chi connectivity index (χ0v) is 16.1. The highest BCUT2D eigenvalue weighted by Crippen LogP contribution is 2.31. The fourth-order valence-electron chi connectivity index (χ4n) is 4.26. The summed E-state index contributed by atoms with van der Waals surface area (Å²) in [5.41, 5.74) is 2.27. The van der Waals surface area contributed by atoms with E-state index in [0.29, 0.717) is 25.2 Å². The zero-order chi connectivity index (χ0) is 18.3. The van der Waals surface area contributed by atoms with Crippen LogP contribution in [0.25, 0.3) is 21.8 Å². The van der Waals surface area contributed by atoms with Crippen LogP contribution in [0.1, 0.15) is 13.8 Å². The van der Waals surface area contributed by atoms with Gasteiger partial charge in [-0.3, -0.25) is 4.90 Å². The van der Waals surface area contributed by atoms with Crippen LogP contribution in [-0.4, -0.2) is 52.4 Å². The molecule has 1 fully saturated rings. The number of hydrogen-bond donors (Lipinski definition) is 2. The van der Waals surface area contributed by atoms with E-state index in [-0.39, 0.29) is 0 Å². The Kier molecular flexibility index (Phi) is 4.93. The maximum atomic E-state index is 10.9. The number of hydrogen-bond acceptors (Lipinski definition) is 3. The van der Waals surface area contributed by atoms with Gasteiger partial charge in [-0.1, -0.05) is 29.8 Å². The van der Waals surface area contributed by atoms with Gasteiger partial charge in [0.05, 0.1) is 12.6 Å². The number of nitrogens with zero attached hydrogens (tertiary/aromatic N) is 2. The molecule has 4 nitrogen and oxygen atoms in total. The van der Waals surface area contributed by atoms with E-state index in [4.69, 9.17) is 11.6 Å². The summed E-state index contributed by atoms with van der Waals surface area (Å²) < 4.78 is 2.23. The molecular formula is C21H26ClN3O. The van der Waals surface area contributed by atoms with E-state index in [9.17, 15) is 5.11 Å². The molecule has 2 heterocycles. The highest BCUT2D eigenvalue weighted by molar-refractivity contribution is 6.31. The first-order chi connectivity index (χ1) is 12.5. The molecule has 1 aliphatic rings. The smallest absolute Gasteiger partial charge is 0.0846 e. The Morgan fingerprint density at radius 2 is 1.73 bits per heavy atom. The van der Waals surface area contributed by atoms with Gasteiger partial charge in [-0.25, -0.2) is 0 Å². The summed E-state index contributed by atoms with van der Waals surface area (Å²) in [6, 6.07) is 15.2. The van der Waals surface area contributed by atoms with Crippen molar-refractivity contribution in [1.82, 2.24) is 14.8 Å². The second kappa shape index (κ2) is 7.20. The minimum atomic E-state index is -0.423. The minimum absolute atomic E-state index is 0.423. The number of fused-ring (bicyclic) bond motifs is 3. The Labute approximate surface area is 159 Å². The zero-order valence-electron chi connectivity index (χ0n) is 15.3. The molecule has 26 heavy (non-hydrogen) atoms. The van der Waals surface area contributed by atoms with Crippen molar-refractivity contribution in [1.29, 1.82) is 0 Å². The number of aliphatic hydroxyl groups excluding tert-OH is 1. The van der Waals surface area contributed by atoms with Gasteiger partial charge in [-0.2, -0.15) is 0 Å². The molecule has 0 radical (unpaired) electrons. The largest absolute Gasteiger partial charge is 0.390 e. The Bertz CT molecular complexity index is 912. The molecule has 0 saturated carbocycles. The van der Waals surface area contributed by atoms with E-state index >= 15 is 0 Å². The monoisotopic (exact) mass is 371 g/mol. The van der Waals surface area contributed by atoms with Crippen molar-refractivity contribution in [2.45, 2.75) is 38.6 Å². The van der Waals surface area contributed by atoms with Crippen molar-refractivity contribution in [3.8, 4) is 0 Å². The maximum absolute atomic E-state index is 10.9. The molecule has 3 atom stereocenters. The van der Waals surface area contributed by atoms with Gasteiger partial charge in [0.25, 0.3) is 0 Å². The molecular weight excluding hydrogens is 346 g/mol. The van der Waals surface area contributed by atoms with Crippen molar-refractivity contribution in [3.63, 3.8) is 0 Å². The van der Waals surface area contributed by atoms with Gasteiger partial charge in [0.1, 0.15) is 0 Å². The molecule has 3 unspecified atom stereocenters. The molecule has 1 saturated heterocycles. The third-order valence-electron chi connectivity index (χ3n) is 5.56. The molecule has 1 aromatic heterocycles. The van der Waals surface area contributed by atoms with Crippen molar-refractivity contribution in [3.05, 3.63) is 47.5 Å². The van der Waals surface area contributed by atoms with Crippen molar-refractivity contribution in [2.75, 3.05) is 19.6 Å². The quantitative estimate of drug-likeness (QED) is 0.737. The van der Waals surface area contributed by atoms with Crippen LogP contribution >= 0.6 is 11.6 Å². The second-order valence-electron chi connectivity index (χ2n) is 7.50. The van der Waals surface area contributed by atoms with Crippen molar-refractivity contribution in [2.24, 2.45) is 0 Å². The summed E-state index contributed by atoms with van der Waals surface area (Å²) in [5.74, 6) is 0. The lowest BCUT2D eigenvalue weighted by Gasteiger charge is -2.40. The molecule has 0 amide bonds. The minimum Gasteiger partial charge on any atom is -0.390 e. The van der Waals surface area contributed by atoms with Crippen LogP contribution in [0, 0.1) is 0 Å². The van der Waals surface area contributed by atoms with Crippen LogP contribution in [0.2, 0.25) is 5.02 Å². The van der Waals surface area contributed by atoms with Gasteiger partial charge < -0.3 is 15.0 Å². The first-order valence-corrected chi connectivity index (χ1v) is 9.73. The summed E-state index contributed by atoms with van der Waals surface area (Å²) in [6.07, 6.45) is -0.423. The number of β-amino-alcohol motifs (C(OH)–C–C–N with tert-alkyl or cyclic N) is 1. The first-order valence-electron chi connectivity index (χ1n) is 9.35. The fourth-order valence-corrected chi connectivity index (χ4v) is 4.44. The second-order valence-corrected chi connectivity index (χ2v) is 7.93. The molecule has 1 aliphatic heterocycles. The Hall–Kier alpha value is -1.59. The third kappa shape index (κ3) is 3.23. The van der Waals surface area contributed by atoms with Crippen LogP contribution in [-0.2, 0) is 6.54 Å². The number of nitrogens with one attached hydrogen (secondary N) is 1. The molecule has 3 aromatic rings. The van der Waals surface area contributed by atoms with Crippen molar-refractivity contribution >= 4 is 33.4 Å². The lowest BCUT2D eigenvalue weighted by molar-refractivity contribution is 0.0430. The van der Waals surface area contributed by atoms with Crippen molar-refractivity contribution < 1.29 is 5.11 Å². The number of rotatable bonds is 4. The summed E-state index contributed by atoms with van der Waals surface area (Å²) >= 11 is 6.22. The maximum Gasteiger partial charge on any atom is 0.0846 e. The average molecular weight is 372 g/mol. The normalized spacial score (nSPS) is 22.9. The predicted molar refractivity (Wildman–Crippen MR) is 109 cm³/mol. The number of benzene rings is 2. The third-order valence-corrected chi connectivity index (χ3v) is 5.80. The average Bonchev–Trinajstić information content (AvgIpc) is 2.92. The molecule has 5 heteroatoms. The molecule has 138 valence electrons. The van der Waals surface area contributed by atoms with E-state index in [2.05, 4.69) is 46.8 Å². The summed E-state index contributed by atoms with van der Waals surface area (Å²) in [4.78, 5) is 2.41. The van der Waals surface area contributed by atoms with E-state index in [1.807, 2.05) is 24.3 Å². The van der Waals surface area contributed by atoms with Crippen LogP contribution in [0.5, 0.6) is 0 Å². The Morgan fingerprint density at radius 3 is 2.50 bits per heavy atom. The van der Waals surface area contributed by atoms with Gasteiger partial charge >= 0.3 is 0 Å². The summed E-state index contributed by atoms with van der Waals surface area (Å²) in [5, 5.41) is 17.4. The Balaban J connectivity index is 1.65. The lowest BCUT2D eigenvalue weighted by Crippen LogP contribution is -2.57. The topological polar surface area (TPSA) is 40.4 Å². The van der Waals surface area contributed by atoms with Gasteiger partial charge in [-0.15, -0.1) is 0 Å². The van der Waals surface area contributed by atoms with Crippen LogP contribution in [0.3, 0.4) is 0 Å². The Morgan fingerprint density at radius 1 is 1.04 bits per heavy atom. The van der Waals surface area contributed by atoms with Gasteiger partial charge in [0, 0.05) is 58.5 Å². The van der Waals surface area contributed by atoms with E-state index < -0.39 is 6.10 Å². The molecule has 0 aliphatic carbocycles.